The zero-order valence-corrected chi connectivity index (χ0v) is 9.13. The van der Waals surface area contributed by atoms with E-state index >= 15 is 0 Å². The van der Waals surface area contributed by atoms with Crippen LogP contribution in [0, 0.1) is 5.92 Å². The van der Waals surface area contributed by atoms with E-state index in [1.54, 1.807) is 13.8 Å². The van der Waals surface area contributed by atoms with Gasteiger partial charge in [-0.3, -0.25) is 9.35 Å². The second kappa shape index (κ2) is 6.04. The lowest BCUT2D eigenvalue weighted by Crippen LogP contribution is -2.44. The van der Waals surface area contributed by atoms with E-state index in [1.807, 2.05) is 0 Å². The van der Waals surface area contributed by atoms with Gasteiger partial charge in [0.2, 0.25) is 5.91 Å². The second-order valence-electron chi connectivity index (χ2n) is 3.09. The highest BCUT2D eigenvalue weighted by molar-refractivity contribution is 7.85. The molecule has 4 N–H and O–H groups in total. The van der Waals surface area contributed by atoms with Crippen LogP contribution in [0.25, 0.3) is 0 Å². The van der Waals surface area contributed by atoms with E-state index < -0.39 is 46.6 Å². The average molecular weight is 244 g/mol. The first-order valence-corrected chi connectivity index (χ1v) is 5.47. The van der Waals surface area contributed by atoms with Crippen molar-refractivity contribution in [3.8, 4) is 0 Å². The Balaban J connectivity index is 5.55. The van der Waals surface area contributed by atoms with Crippen LogP contribution in [0.3, 0.4) is 0 Å². The molecule has 0 spiro atoms. The van der Waals surface area contributed by atoms with Crippen LogP contribution in [0.2, 0.25) is 0 Å². The van der Waals surface area contributed by atoms with Gasteiger partial charge in [-0.15, -0.1) is 0 Å². The molecule has 0 bridgehead atoms. The minimum atomic E-state index is -5.58. The number of rotatable bonds is 6. The Bertz CT molecular complexity index is 507. The van der Waals surface area contributed by atoms with Crippen LogP contribution in [-0.4, -0.2) is 37.1 Å². The Labute approximate surface area is 98.4 Å². The second-order valence-corrected chi connectivity index (χ2v) is 4.24. The molecule has 0 aliphatic heterocycles. The van der Waals surface area contributed by atoms with Crippen LogP contribution in [-0.2, 0) is 14.9 Å². The largest absolute Gasteiger partial charge is 0.355 e. The zero-order valence-electron chi connectivity index (χ0n) is 14.3. The van der Waals surface area contributed by atoms with Crippen molar-refractivity contribution in [2.45, 2.75) is 26.3 Å². The maximum atomic E-state index is 11.6. The molecule has 15 heavy (non-hydrogen) atoms. The van der Waals surface area contributed by atoms with Crippen LogP contribution >= 0.6 is 0 Å². The molecule has 7 heteroatoms. The van der Waals surface area contributed by atoms with Gasteiger partial charge in [0.05, 0.1) is 11.7 Å². The first kappa shape index (κ1) is 6.82. The standard InChI is InChI=1S/C8H18N2O4S/c1-6(2)7(9)8(11)10-4-3-5-15(12,13)14/h6-7H,3-5,9H2,1-2H3,(H,10,11)(H,12,13,14)/t7-/m1/s1/i3D2,4D2,5D2. The van der Waals surface area contributed by atoms with E-state index in [0.29, 0.717) is 0 Å². The molecule has 0 aliphatic rings. The minimum absolute atomic E-state index is 0.412. The summed E-state index contributed by atoms with van der Waals surface area (Å²) in [7, 11) is -5.58. The number of carbonyl (C=O) groups excluding carboxylic acids is 1. The predicted molar refractivity (Wildman–Crippen MR) is 56.9 cm³/mol. The van der Waals surface area contributed by atoms with Crippen molar-refractivity contribution < 1.29 is 26.0 Å². The molecule has 1 amide bonds. The van der Waals surface area contributed by atoms with E-state index in [9.17, 15) is 13.2 Å². The van der Waals surface area contributed by atoms with Gasteiger partial charge in [-0.25, -0.2) is 0 Å². The summed E-state index contributed by atoms with van der Waals surface area (Å²) in [6, 6.07) is -1.20. The first-order chi connectivity index (χ1) is 8.99. The Hall–Kier alpha value is -0.660. The van der Waals surface area contributed by atoms with E-state index in [-0.39, 0.29) is 0 Å². The Kier molecular flexibility index (Phi) is 2.75. The molecule has 1 atom stereocenters. The Morgan fingerprint density at radius 3 is 2.53 bits per heavy atom. The summed E-state index contributed by atoms with van der Waals surface area (Å²) in [4.78, 5) is 11.6. The highest BCUT2D eigenvalue weighted by atomic mass is 32.2. The molecule has 0 unspecified atom stereocenters. The molecule has 0 aromatic heterocycles. The molecule has 0 saturated carbocycles. The molecule has 0 saturated heterocycles. The molecule has 90 valence electrons. The summed E-state index contributed by atoms with van der Waals surface area (Å²) in [5.41, 5.74) is 1.46. The fourth-order valence-corrected chi connectivity index (χ4v) is 0.749. The molecule has 0 rings (SSSR count). The quantitative estimate of drug-likeness (QED) is 0.539. The topological polar surface area (TPSA) is 109 Å². The molecular weight excluding hydrogens is 220 g/mol. The maximum absolute atomic E-state index is 11.6. The molecule has 0 heterocycles. The van der Waals surface area contributed by atoms with E-state index in [1.165, 1.54) is 5.32 Å². The molecular formula is C8H18N2O4S. The van der Waals surface area contributed by atoms with Gasteiger partial charge in [0.25, 0.3) is 10.1 Å². The third kappa shape index (κ3) is 7.29. The summed E-state index contributed by atoms with van der Waals surface area (Å²) in [5, 5.41) is 1.53. The number of carbonyl (C=O) groups is 1. The van der Waals surface area contributed by atoms with Crippen molar-refractivity contribution in [2.75, 3.05) is 12.2 Å². The fourth-order valence-electron chi connectivity index (χ4n) is 0.569. The van der Waals surface area contributed by atoms with Crippen molar-refractivity contribution in [1.82, 2.24) is 5.32 Å². The van der Waals surface area contributed by atoms with Gasteiger partial charge in [-0.2, -0.15) is 8.42 Å². The maximum Gasteiger partial charge on any atom is 0.264 e. The van der Waals surface area contributed by atoms with Gasteiger partial charge < -0.3 is 11.1 Å². The summed E-state index contributed by atoms with van der Waals surface area (Å²) < 4.78 is 74.3. The monoisotopic (exact) mass is 244 g/mol. The number of amides is 1. The van der Waals surface area contributed by atoms with Crippen LogP contribution in [0.15, 0.2) is 0 Å². The number of nitrogens with two attached hydrogens (primary N) is 1. The molecule has 0 aromatic carbocycles. The third-order valence-corrected chi connectivity index (χ3v) is 1.81. The lowest BCUT2D eigenvalue weighted by molar-refractivity contribution is -0.123. The first-order valence-electron chi connectivity index (χ1n) is 7.03. The number of hydrogen-bond donors (Lipinski definition) is 3. The summed E-state index contributed by atoms with van der Waals surface area (Å²) >= 11 is 0. The summed E-state index contributed by atoms with van der Waals surface area (Å²) in [6.45, 7) is -0.340. The van der Waals surface area contributed by atoms with Gasteiger partial charge in [-0.1, -0.05) is 13.8 Å². The molecule has 0 fully saturated rings. The van der Waals surface area contributed by atoms with E-state index in [0.717, 1.165) is 0 Å². The average Bonchev–Trinajstić information content (AvgIpc) is 2.24. The van der Waals surface area contributed by atoms with Crippen molar-refractivity contribution in [2.24, 2.45) is 11.7 Å². The van der Waals surface area contributed by atoms with E-state index in [2.05, 4.69) is 0 Å². The lowest BCUT2D eigenvalue weighted by atomic mass is 10.1. The van der Waals surface area contributed by atoms with Gasteiger partial charge >= 0.3 is 0 Å². The highest BCUT2D eigenvalue weighted by Gasteiger charge is 2.16. The Morgan fingerprint density at radius 2 is 2.13 bits per heavy atom. The van der Waals surface area contributed by atoms with Crippen LogP contribution in [0.1, 0.15) is 28.4 Å². The normalized spacial score (nSPS) is 22.7. The van der Waals surface area contributed by atoms with Crippen LogP contribution < -0.4 is 11.1 Å². The van der Waals surface area contributed by atoms with E-state index in [4.69, 9.17) is 18.5 Å². The van der Waals surface area contributed by atoms with Crippen molar-refractivity contribution in [3.05, 3.63) is 0 Å². The zero-order chi connectivity index (χ0) is 17.4. The van der Waals surface area contributed by atoms with Crippen molar-refractivity contribution in [3.63, 3.8) is 0 Å². The molecule has 0 aromatic rings. The summed E-state index contributed by atoms with van der Waals surface area (Å²) in [6.07, 6.45) is -3.78. The van der Waals surface area contributed by atoms with Gasteiger partial charge in [0, 0.05) is 14.7 Å². The lowest BCUT2D eigenvalue weighted by Gasteiger charge is -2.14. The fraction of sp³-hybridized carbons (Fsp3) is 0.875. The van der Waals surface area contributed by atoms with Crippen molar-refractivity contribution >= 4 is 16.0 Å². The van der Waals surface area contributed by atoms with Crippen LogP contribution in [0.4, 0.5) is 0 Å². The molecule has 6 nitrogen and oxygen atoms in total. The SMILES string of the molecule is [2H]C([2H])(NC(=O)[C@H](N)C(C)C)C([2H])([2H])C([2H])([2H])S(=O)(=O)O. The highest BCUT2D eigenvalue weighted by Crippen LogP contribution is 1.97. The predicted octanol–water partition coefficient (Wildman–Crippen LogP) is -0.636. The van der Waals surface area contributed by atoms with Gasteiger partial charge in [0.1, 0.15) is 0 Å². The van der Waals surface area contributed by atoms with Gasteiger partial charge in [0.15, 0.2) is 0 Å². The smallest absolute Gasteiger partial charge is 0.264 e. The van der Waals surface area contributed by atoms with Crippen molar-refractivity contribution in [1.29, 1.82) is 0 Å². The summed E-state index contributed by atoms with van der Waals surface area (Å²) in [5.74, 6) is -1.53. The van der Waals surface area contributed by atoms with Crippen LogP contribution in [0.5, 0.6) is 0 Å². The number of nitrogens with one attached hydrogen (secondary N) is 1. The Morgan fingerprint density at radius 1 is 1.60 bits per heavy atom. The molecule has 0 aliphatic carbocycles. The number of hydrogen-bond acceptors (Lipinski definition) is 4. The minimum Gasteiger partial charge on any atom is -0.355 e. The third-order valence-electron chi connectivity index (χ3n) is 1.45. The molecule has 0 radical (unpaired) electrons. The van der Waals surface area contributed by atoms with Gasteiger partial charge in [-0.05, 0) is 12.3 Å².